The molecule has 2 unspecified atom stereocenters. The van der Waals surface area contributed by atoms with Gasteiger partial charge < -0.3 is 10.5 Å². The average Bonchev–Trinajstić information content (AvgIpc) is 2.26. The zero-order valence-electron chi connectivity index (χ0n) is 10.4. The summed E-state index contributed by atoms with van der Waals surface area (Å²) < 4.78 is 5.40. The molecule has 2 fully saturated rings. The lowest BCUT2D eigenvalue weighted by molar-refractivity contribution is 0.0321. The largest absolute Gasteiger partial charge is 0.381 e. The Morgan fingerprint density at radius 3 is 2.75 bits per heavy atom. The highest BCUT2D eigenvalue weighted by molar-refractivity contribution is 8.00. The van der Waals surface area contributed by atoms with E-state index in [9.17, 15) is 0 Å². The number of hydrogen-bond acceptors (Lipinski definition) is 4. The van der Waals surface area contributed by atoms with Gasteiger partial charge in [0.25, 0.3) is 0 Å². The molecule has 2 atom stereocenters. The van der Waals surface area contributed by atoms with Crippen molar-refractivity contribution in [2.45, 2.75) is 43.5 Å². The molecule has 0 amide bonds. The molecule has 2 rings (SSSR count). The molecule has 2 N–H and O–H groups in total. The second-order valence-electron chi connectivity index (χ2n) is 5.26. The monoisotopic (exact) mass is 244 g/mol. The fraction of sp³-hybridized carbons (Fsp3) is 1.00. The lowest BCUT2D eigenvalue weighted by Crippen LogP contribution is -2.57. The van der Waals surface area contributed by atoms with Crippen LogP contribution in [0.1, 0.15) is 26.7 Å². The first-order valence-electron chi connectivity index (χ1n) is 6.33. The normalized spacial score (nSPS) is 36.2. The van der Waals surface area contributed by atoms with Crippen molar-refractivity contribution in [1.29, 1.82) is 0 Å². The minimum atomic E-state index is -0.00572. The Hall–Kier alpha value is 0.230. The standard InChI is InChI=1S/C12H24N2OS/c1-10-11(2)16-8-5-14(10)9-12(13)3-6-15-7-4-12/h10-11H,3-9,13H2,1-2H3. The van der Waals surface area contributed by atoms with Crippen LogP contribution in [0.25, 0.3) is 0 Å². The van der Waals surface area contributed by atoms with Crippen LogP contribution >= 0.6 is 11.8 Å². The summed E-state index contributed by atoms with van der Waals surface area (Å²) in [6, 6.07) is 0.655. The van der Waals surface area contributed by atoms with E-state index in [2.05, 4.69) is 30.5 Å². The first-order valence-corrected chi connectivity index (χ1v) is 7.38. The van der Waals surface area contributed by atoms with Crippen molar-refractivity contribution in [3.63, 3.8) is 0 Å². The van der Waals surface area contributed by atoms with E-state index in [1.807, 2.05) is 0 Å². The van der Waals surface area contributed by atoms with Crippen LogP contribution in [0.5, 0.6) is 0 Å². The van der Waals surface area contributed by atoms with Crippen LogP contribution in [0.2, 0.25) is 0 Å². The third-order valence-corrected chi connectivity index (χ3v) is 5.36. The number of nitrogens with two attached hydrogens (primary N) is 1. The summed E-state index contributed by atoms with van der Waals surface area (Å²) in [5.41, 5.74) is 6.46. The molecule has 2 heterocycles. The number of nitrogens with zero attached hydrogens (tertiary/aromatic N) is 1. The predicted molar refractivity (Wildman–Crippen MR) is 69.9 cm³/mol. The van der Waals surface area contributed by atoms with Crippen LogP contribution in [0.15, 0.2) is 0 Å². The molecule has 94 valence electrons. The van der Waals surface area contributed by atoms with E-state index in [-0.39, 0.29) is 5.54 Å². The van der Waals surface area contributed by atoms with E-state index in [0.29, 0.717) is 6.04 Å². The van der Waals surface area contributed by atoms with Gasteiger partial charge in [0.1, 0.15) is 0 Å². The maximum Gasteiger partial charge on any atom is 0.0484 e. The highest BCUT2D eigenvalue weighted by Crippen LogP contribution is 2.27. The maximum absolute atomic E-state index is 6.47. The Morgan fingerprint density at radius 1 is 1.38 bits per heavy atom. The summed E-state index contributed by atoms with van der Waals surface area (Å²) in [5.74, 6) is 1.25. The molecule has 0 aromatic heterocycles. The molecular formula is C12H24N2OS. The van der Waals surface area contributed by atoms with Crippen LogP contribution in [0.4, 0.5) is 0 Å². The van der Waals surface area contributed by atoms with Crippen molar-refractivity contribution in [2.75, 3.05) is 32.1 Å². The smallest absolute Gasteiger partial charge is 0.0484 e. The van der Waals surface area contributed by atoms with Gasteiger partial charge in [-0.25, -0.2) is 0 Å². The van der Waals surface area contributed by atoms with Gasteiger partial charge in [-0.1, -0.05) is 6.92 Å². The van der Waals surface area contributed by atoms with Gasteiger partial charge in [-0.3, -0.25) is 4.90 Å². The maximum atomic E-state index is 6.47. The van der Waals surface area contributed by atoms with E-state index in [1.54, 1.807) is 0 Å². The molecule has 0 aliphatic carbocycles. The Morgan fingerprint density at radius 2 is 2.06 bits per heavy atom. The summed E-state index contributed by atoms with van der Waals surface area (Å²) in [5, 5.41) is 0.734. The molecule has 0 aromatic rings. The SMILES string of the molecule is CC1SCCN(CC2(N)CCOCC2)C1C. The number of ether oxygens (including phenoxy) is 1. The van der Waals surface area contributed by atoms with Crippen LogP contribution in [-0.2, 0) is 4.74 Å². The second kappa shape index (κ2) is 5.25. The van der Waals surface area contributed by atoms with Gasteiger partial charge in [-0.05, 0) is 19.8 Å². The lowest BCUT2D eigenvalue weighted by Gasteiger charge is -2.44. The fourth-order valence-electron chi connectivity index (χ4n) is 2.56. The van der Waals surface area contributed by atoms with Crippen molar-refractivity contribution >= 4 is 11.8 Å². The van der Waals surface area contributed by atoms with Gasteiger partial charge in [0.15, 0.2) is 0 Å². The molecule has 16 heavy (non-hydrogen) atoms. The Bertz CT molecular complexity index is 231. The van der Waals surface area contributed by atoms with Crippen molar-refractivity contribution in [2.24, 2.45) is 5.73 Å². The van der Waals surface area contributed by atoms with Crippen LogP contribution < -0.4 is 5.73 Å². The van der Waals surface area contributed by atoms with Crippen molar-refractivity contribution in [3.05, 3.63) is 0 Å². The second-order valence-corrected chi connectivity index (χ2v) is 6.75. The molecule has 2 aliphatic heterocycles. The topological polar surface area (TPSA) is 38.5 Å². The third kappa shape index (κ3) is 2.92. The highest BCUT2D eigenvalue weighted by atomic mass is 32.2. The van der Waals surface area contributed by atoms with Crippen molar-refractivity contribution in [3.8, 4) is 0 Å². The quantitative estimate of drug-likeness (QED) is 0.795. The molecule has 0 aromatic carbocycles. The zero-order valence-corrected chi connectivity index (χ0v) is 11.3. The van der Waals surface area contributed by atoms with Gasteiger partial charge in [0.2, 0.25) is 0 Å². The number of thioether (sulfide) groups is 1. The molecule has 2 saturated heterocycles. The molecule has 0 spiro atoms. The number of rotatable bonds is 2. The van der Waals surface area contributed by atoms with Crippen LogP contribution in [0, 0.1) is 0 Å². The minimum absolute atomic E-state index is 0.00572. The van der Waals surface area contributed by atoms with Gasteiger partial charge in [0, 0.05) is 48.9 Å². The molecule has 0 bridgehead atoms. The lowest BCUT2D eigenvalue weighted by atomic mass is 9.90. The van der Waals surface area contributed by atoms with E-state index in [4.69, 9.17) is 10.5 Å². The minimum Gasteiger partial charge on any atom is -0.381 e. The molecular weight excluding hydrogens is 220 g/mol. The van der Waals surface area contributed by atoms with Crippen LogP contribution in [0.3, 0.4) is 0 Å². The molecule has 4 heteroatoms. The summed E-state index contributed by atoms with van der Waals surface area (Å²) in [6.45, 7) is 8.57. The van der Waals surface area contributed by atoms with Gasteiger partial charge >= 0.3 is 0 Å². The first kappa shape index (κ1) is 12.7. The highest BCUT2D eigenvalue weighted by Gasteiger charge is 2.34. The van der Waals surface area contributed by atoms with E-state index < -0.39 is 0 Å². The molecule has 0 radical (unpaired) electrons. The van der Waals surface area contributed by atoms with Gasteiger partial charge in [0.05, 0.1) is 0 Å². The fourth-order valence-corrected chi connectivity index (χ4v) is 3.72. The van der Waals surface area contributed by atoms with Gasteiger partial charge in [-0.2, -0.15) is 11.8 Å². The van der Waals surface area contributed by atoms with E-state index in [0.717, 1.165) is 37.9 Å². The van der Waals surface area contributed by atoms with Gasteiger partial charge in [-0.15, -0.1) is 0 Å². The van der Waals surface area contributed by atoms with Crippen molar-refractivity contribution < 1.29 is 4.74 Å². The summed E-state index contributed by atoms with van der Waals surface area (Å²) >= 11 is 2.08. The molecule has 3 nitrogen and oxygen atoms in total. The summed E-state index contributed by atoms with van der Waals surface area (Å²) in [7, 11) is 0. The van der Waals surface area contributed by atoms with Crippen molar-refractivity contribution in [1.82, 2.24) is 4.90 Å². The number of hydrogen-bond donors (Lipinski definition) is 1. The van der Waals surface area contributed by atoms with E-state index >= 15 is 0 Å². The Labute approximate surface area is 103 Å². The molecule has 2 aliphatic rings. The average molecular weight is 244 g/mol. The zero-order chi connectivity index (χ0) is 11.6. The molecule has 0 saturated carbocycles. The van der Waals surface area contributed by atoms with E-state index in [1.165, 1.54) is 12.3 Å². The first-order chi connectivity index (χ1) is 7.61. The summed E-state index contributed by atoms with van der Waals surface area (Å²) in [6.07, 6.45) is 2.02. The summed E-state index contributed by atoms with van der Waals surface area (Å²) in [4.78, 5) is 2.58. The predicted octanol–water partition coefficient (Wildman–Crippen LogP) is 1.32. The third-order valence-electron chi connectivity index (χ3n) is 4.02. The Kier molecular flexibility index (Phi) is 4.16. The Balaban J connectivity index is 1.92. The van der Waals surface area contributed by atoms with Crippen LogP contribution in [-0.4, -0.2) is 53.8 Å².